The summed E-state index contributed by atoms with van der Waals surface area (Å²) < 4.78 is 0. The van der Waals surface area contributed by atoms with Gasteiger partial charge in [0.2, 0.25) is 0 Å². The van der Waals surface area contributed by atoms with Crippen LogP contribution in [0.3, 0.4) is 0 Å². The molecule has 250 valence electrons. The minimum atomic E-state index is 1.10. The SMILES string of the molecule is c1ccc(-c2ccc(-c3cccc(N(c4ccc(-c5ccccc5)cc4)c4ccc(-c5cc6ccccc6cc5-c5ccccc5)cc4)c3)cc2)cc1. The third-order valence-corrected chi connectivity index (χ3v) is 10.1. The Morgan fingerprint density at radius 2 is 0.547 bits per heavy atom. The van der Waals surface area contributed by atoms with Gasteiger partial charge >= 0.3 is 0 Å². The Kier molecular flexibility index (Phi) is 8.66. The Bertz CT molecular complexity index is 2610. The van der Waals surface area contributed by atoms with Crippen molar-refractivity contribution in [3.8, 4) is 55.6 Å². The summed E-state index contributed by atoms with van der Waals surface area (Å²) in [4.78, 5) is 2.36. The van der Waals surface area contributed by atoms with E-state index in [1.54, 1.807) is 0 Å². The summed E-state index contributed by atoms with van der Waals surface area (Å²) >= 11 is 0. The summed E-state index contributed by atoms with van der Waals surface area (Å²) in [7, 11) is 0. The topological polar surface area (TPSA) is 3.24 Å². The fourth-order valence-electron chi connectivity index (χ4n) is 7.32. The molecule has 0 N–H and O–H groups in total. The molecule has 1 nitrogen and oxygen atoms in total. The van der Waals surface area contributed by atoms with Gasteiger partial charge in [0.25, 0.3) is 0 Å². The van der Waals surface area contributed by atoms with Crippen molar-refractivity contribution in [1.29, 1.82) is 0 Å². The van der Waals surface area contributed by atoms with E-state index >= 15 is 0 Å². The fourth-order valence-corrected chi connectivity index (χ4v) is 7.32. The highest BCUT2D eigenvalue weighted by Gasteiger charge is 2.16. The molecule has 1 heteroatoms. The molecular formula is C52H37N. The summed E-state index contributed by atoms with van der Waals surface area (Å²) in [5.74, 6) is 0. The summed E-state index contributed by atoms with van der Waals surface area (Å²) in [6, 6.07) is 80.8. The van der Waals surface area contributed by atoms with Gasteiger partial charge in [-0.3, -0.25) is 0 Å². The second-order valence-electron chi connectivity index (χ2n) is 13.4. The predicted octanol–water partition coefficient (Wildman–Crippen LogP) is 14.6. The van der Waals surface area contributed by atoms with Crippen LogP contribution < -0.4 is 4.90 Å². The summed E-state index contributed by atoms with van der Waals surface area (Å²) in [5, 5.41) is 2.48. The number of hydrogen-bond acceptors (Lipinski definition) is 1. The first-order valence-corrected chi connectivity index (χ1v) is 18.2. The highest BCUT2D eigenvalue weighted by atomic mass is 15.1. The Morgan fingerprint density at radius 1 is 0.208 bits per heavy atom. The zero-order chi connectivity index (χ0) is 35.4. The minimum absolute atomic E-state index is 1.10. The Hall–Kier alpha value is -6.96. The minimum Gasteiger partial charge on any atom is -0.310 e. The van der Waals surface area contributed by atoms with Gasteiger partial charge in [0.05, 0.1) is 0 Å². The van der Waals surface area contributed by atoms with E-state index in [1.165, 1.54) is 66.4 Å². The van der Waals surface area contributed by atoms with Crippen molar-refractivity contribution in [3.63, 3.8) is 0 Å². The largest absolute Gasteiger partial charge is 0.310 e. The molecule has 0 saturated carbocycles. The third-order valence-electron chi connectivity index (χ3n) is 10.1. The average Bonchev–Trinajstić information content (AvgIpc) is 3.25. The molecule has 0 fully saturated rings. The number of nitrogens with zero attached hydrogens (tertiary/aromatic N) is 1. The molecule has 0 radical (unpaired) electrons. The first-order chi connectivity index (χ1) is 26.3. The van der Waals surface area contributed by atoms with Crippen molar-refractivity contribution in [1.82, 2.24) is 0 Å². The van der Waals surface area contributed by atoms with Gasteiger partial charge in [0, 0.05) is 17.1 Å². The third kappa shape index (κ3) is 6.65. The molecule has 9 rings (SSSR count). The van der Waals surface area contributed by atoms with Crippen LogP contribution >= 0.6 is 0 Å². The fraction of sp³-hybridized carbons (Fsp3) is 0. The molecule has 0 spiro atoms. The lowest BCUT2D eigenvalue weighted by molar-refractivity contribution is 1.28. The number of rotatable bonds is 8. The Balaban J connectivity index is 1.12. The summed E-state index contributed by atoms with van der Waals surface area (Å²) in [5.41, 5.74) is 15.4. The number of fused-ring (bicyclic) bond motifs is 1. The smallest absolute Gasteiger partial charge is 0.0467 e. The van der Waals surface area contributed by atoms with Crippen LogP contribution in [0.15, 0.2) is 224 Å². The van der Waals surface area contributed by atoms with Gasteiger partial charge in [0.15, 0.2) is 0 Å². The van der Waals surface area contributed by atoms with E-state index in [0.29, 0.717) is 0 Å². The molecular weight excluding hydrogens is 639 g/mol. The van der Waals surface area contributed by atoms with Crippen molar-refractivity contribution in [2.45, 2.75) is 0 Å². The van der Waals surface area contributed by atoms with Gasteiger partial charge in [-0.2, -0.15) is 0 Å². The molecule has 0 bridgehead atoms. The molecule has 0 aliphatic rings. The van der Waals surface area contributed by atoms with Gasteiger partial charge in [-0.05, 0) is 115 Å². The number of anilines is 3. The second-order valence-corrected chi connectivity index (χ2v) is 13.4. The van der Waals surface area contributed by atoms with Crippen LogP contribution in [0.2, 0.25) is 0 Å². The maximum absolute atomic E-state index is 2.36. The Labute approximate surface area is 311 Å². The van der Waals surface area contributed by atoms with Gasteiger partial charge in [-0.1, -0.05) is 176 Å². The Morgan fingerprint density at radius 3 is 1.04 bits per heavy atom. The normalized spacial score (nSPS) is 11.0. The van der Waals surface area contributed by atoms with Gasteiger partial charge in [-0.15, -0.1) is 0 Å². The van der Waals surface area contributed by atoms with Gasteiger partial charge in [-0.25, -0.2) is 0 Å². The van der Waals surface area contributed by atoms with Gasteiger partial charge in [0.1, 0.15) is 0 Å². The highest BCUT2D eigenvalue weighted by Crippen LogP contribution is 2.41. The maximum atomic E-state index is 2.36. The van der Waals surface area contributed by atoms with Crippen molar-refractivity contribution < 1.29 is 0 Å². The van der Waals surface area contributed by atoms with Crippen LogP contribution in [0.5, 0.6) is 0 Å². The molecule has 0 heterocycles. The van der Waals surface area contributed by atoms with Crippen LogP contribution in [0.25, 0.3) is 66.4 Å². The quantitative estimate of drug-likeness (QED) is 0.155. The van der Waals surface area contributed by atoms with Crippen molar-refractivity contribution in [2.24, 2.45) is 0 Å². The molecule has 0 atom stereocenters. The molecule has 0 unspecified atom stereocenters. The highest BCUT2D eigenvalue weighted by molar-refractivity contribution is 5.97. The lowest BCUT2D eigenvalue weighted by Gasteiger charge is -2.26. The zero-order valence-corrected chi connectivity index (χ0v) is 29.3. The zero-order valence-electron chi connectivity index (χ0n) is 29.3. The maximum Gasteiger partial charge on any atom is 0.0467 e. The number of hydrogen-bond donors (Lipinski definition) is 0. The molecule has 0 aliphatic heterocycles. The molecule has 0 aromatic heterocycles. The van der Waals surface area contributed by atoms with E-state index in [0.717, 1.165) is 17.1 Å². The summed E-state index contributed by atoms with van der Waals surface area (Å²) in [6.45, 7) is 0. The molecule has 0 aliphatic carbocycles. The number of benzene rings is 9. The first kappa shape index (κ1) is 32.0. The van der Waals surface area contributed by atoms with E-state index in [9.17, 15) is 0 Å². The molecule has 9 aromatic rings. The molecule has 0 saturated heterocycles. The lowest BCUT2D eigenvalue weighted by atomic mass is 9.91. The molecule has 53 heavy (non-hydrogen) atoms. The predicted molar refractivity (Wildman–Crippen MR) is 226 cm³/mol. The van der Waals surface area contributed by atoms with E-state index < -0.39 is 0 Å². The van der Waals surface area contributed by atoms with Crippen LogP contribution in [0.1, 0.15) is 0 Å². The standard InChI is InChI=1S/C52H37N/c1-4-13-38(14-5-1)40-23-25-42(26-24-40)45-21-12-22-50(35-45)53(48-31-27-41(28-32-48)39-15-6-2-7-16-39)49-33-29-44(30-34-49)52-37-47-20-11-10-19-46(47)36-51(52)43-17-8-3-9-18-43/h1-37H. The van der Waals surface area contributed by atoms with E-state index in [-0.39, 0.29) is 0 Å². The second kappa shape index (κ2) is 14.3. The summed E-state index contributed by atoms with van der Waals surface area (Å²) in [6.07, 6.45) is 0. The van der Waals surface area contributed by atoms with Crippen LogP contribution in [-0.4, -0.2) is 0 Å². The molecule has 9 aromatic carbocycles. The average molecular weight is 676 g/mol. The molecule has 0 amide bonds. The van der Waals surface area contributed by atoms with E-state index in [4.69, 9.17) is 0 Å². The van der Waals surface area contributed by atoms with E-state index in [2.05, 4.69) is 229 Å². The van der Waals surface area contributed by atoms with Gasteiger partial charge < -0.3 is 4.90 Å². The van der Waals surface area contributed by atoms with Crippen LogP contribution in [0, 0.1) is 0 Å². The first-order valence-electron chi connectivity index (χ1n) is 18.2. The van der Waals surface area contributed by atoms with Crippen molar-refractivity contribution in [2.75, 3.05) is 4.90 Å². The van der Waals surface area contributed by atoms with Crippen molar-refractivity contribution in [3.05, 3.63) is 224 Å². The van der Waals surface area contributed by atoms with E-state index in [1.807, 2.05) is 0 Å². The lowest BCUT2D eigenvalue weighted by Crippen LogP contribution is -2.10. The van der Waals surface area contributed by atoms with Crippen LogP contribution in [0.4, 0.5) is 17.1 Å². The monoisotopic (exact) mass is 675 g/mol. The van der Waals surface area contributed by atoms with Crippen molar-refractivity contribution >= 4 is 27.8 Å². The van der Waals surface area contributed by atoms with Crippen LogP contribution in [-0.2, 0) is 0 Å².